The Morgan fingerprint density at radius 1 is 0.839 bits per heavy atom. The summed E-state index contributed by atoms with van der Waals surface area (Å²) in [6, 6.07) is 19.9. The van der Waals surface area contributed by atoms with E-state index < -0.39 is 5.54 Å². The second-order valence-corrected chi connectivity index (χ2v) is 8.00. The van der Waals surface area contributed by atoms with E-state index >= 15 is 0 Å². The summed E-state index contributed by atoms with van der Waals surface area (Å²) in [6.45, 7) is 5.94. The number of carbonyl (C=O) groups is 2. The molecule has 0 fully saturated rings. The first-order chi connectivity index (χ1) is 14.8. The van der Waals surface area contributed by atoms with Gasteiger partial charge in [0.2, 0.25) is 6.79 Å². The summed E-state index contributed by atoms with van der Waals surface area (Å²) in [7, 11) is 0. The number of fused-ring (bicyclic) bond motifs is 1. The number of benzene rings is 3. The molecule has 4 rings (SSSR count). The van der Waals surface area contributed by atoms with Crippen LogP contribution in [0, 0.1) is 6.92 Å². The van der Waals surface area contributed by atoms with Gasteiger partial charge in [-0.05, 0) is 68.3 Å². The van der Waals surface area contributed by atoms with Crippen molar-refractivity contribution in [1.29, 1.82) is 0 Å². The number of nitrogens with one attached hydrogen (secondary N) is 2. The Balaban J connectivity index is 1.52. The van der Waals surface area contributed by atoms with Crippen molar-refractivity contribution >= 4 is 17.5 Å². The van der Waals surface area contributed by atoms with Gasteiger partial charge in [0.25, 0.3) is 11.8 Å². The summed E-state index contributed by atoms with van der Waals surface area (Å²) in [6.07, 6.45) is 0. The summed E-state index contributed by atoms with van der Waals surface area (Å²) in [5.41, 5.74) is 2.74. The minimum atomic E-state index is -0.642. The van der Waals surface area contributed by atoms with Crippen molar-refractivity contribution in [3.05, 3.63) is 89.0 Å². The molecule has 6 nitrogen and oxygen atoms in total. The maximum absolute atomic E-state index is 13.0. The Hall–Kier alpha value is -3.80. The molecule has 0 aliphatic carbocycles. The van der Waals surface area contributed by atoms with Crippen molar-refractivity contribution in [2.75, 3.05) is 12.1 Å². The van der Waals surface area contributed by atoms with Crippen LogP contribution in [-0.4, -0.2) is 18.6 Å². The van der Waals surface area contributed by atoms with Crippen molar-refractivity contribution in [3.8, 4) is 11.5 Å². The third kappa shape index (κ3) is 4.38. The summed E-state index contributed by atoms with van der Waals surface area (Å²) < 4.78 is 10.8. The van der Waals surface area contributed by atoms with E-state index in [1.807, 2.05) is 63.2 Å². The number of anilines is 1. The topological polar surface area (TPSA) is 76.7 Å². The summed E-state index contributed by atoms with van der Waals surface area (Å²) in [5.74, 6) is 0.907. The summed E-state index contributed by atoms with van der Waals surface area (Å²) in [4.78, 5) is 25.5. The van der Waals surface area contributed by atoms with Gasteiger partial charge in [0.1, 0.15) is 0 Å². The molecule has 0 radical (unpaired) electrons. The SMILES string of the molecule is Cc1ccc(C(=O)NC(C)(C)c2ccc3c(c2)OCO3)cc1NC(=O)c1ccccc1. The summed E-state index contributed by atoms with van der Waals surface area (Å²) >= 11 is 0. The molecule has 0 bridgehead atoms. The molecule has 1 aliphatic heterocycles. The van der Waals surface area contributed by atoms with Crippen molar-refractivity contribution in [2.24, 2.45) is 0 Å². The highest BCUT2D eigenvalue weighted by Crippen LogP contribution is 2.35. The highest BCUT2D eigenvalue weighted by atomic mass is 16.7. The van der Waals surface area contributed by atoms with Crippen LogP contribution >= 0.6 is 0 Å². The minimum absolute atomic E-state index is 0.201. The first-order valence-corrected chi connectivity index (χ1v) is 10.0. The average molecular weight is 416 g/mol. The minimum Gasteiger partial charge on any atom is -0.454 e. The number of carbonyl (C=O) groups excluding carboxylic acids is 2. The number of hydrogen-bond donors (Lipinski definition) is 2. The molecule has 0 atom stereocenters. The van der Waals surface area contributed by atoms with Gasteiger partial charge in [-0.2, -0.15) is 0 Å². The van der Waals surface area contributed by atoms with Gasteiger partial charge in [0.15, 0.2) is 11.5 Å². The molecule has 1 aliphatic rings. The fourth-order valence-corrected chi connectivity index (χ4v) is 3.40. The van der Waals surface area contributed by atoms with E-state index in [1.54, 1.807) is 24.3 Å². The van der Waals surface area contributed by atoms with Crippen molar-refractivity contribution < 1.29 is 19.1 Å². The van der Waals surface area contributed by atoms with Crippen LogP contribution in [0.4, 0.5) is 5.69 Å². The number of rotatable bonds is 5. The molecule has 0 aromatic heterocycles. The number of aryl methyl sites for hydroxylation is 1. The van der Waals surface area contributed by atoms with Gasteiger partial charge >= 0.3 is 0 Å². The predicted octanol–water partition coefficient (Wildman–Crippen LogP) is 4.64. The molecule has 158 valence electrons. The first-order valence-electron chi connectivity index (χ1n) is 10.0. The van der Waals surface area contributed by atoms with Crippen LogP contribution in [0.3, 0.4) is 0 Å². The molecule has 0 saturated carbocycles. The molecule has 0 unspecified atom stereocenters. The molecule has 2 N–H and O–H groups in total. The monoisotopic (exact) mass is 416 g/mol. The zero-order valence-electron chi connectivity index (χ0n) is 17.7. The van der Waals surface area contributed by atoms with E-state index in [2.05, 4.69) is 10.6 Å². The largest absolute Gasteiger partial charge is 0.454 e. The third-order valence-corrected chi connectivity index (χ3v) is 5.30. The van der Waals surface area contributed by atoms with Crippen LogP contribution in [0.1, 0.15) is 45.7 Å². The molecule has 3 aromatic rings. The van der Waals surface area contributed by atoms with Crippen molar-refractivity contribution in [3.63, 3.8) is 0 Å². The van der Waals surface area contributed by atoms with Crippen LogP contribution in [0.2, 0.25) is 0 Å². The number of ether oxygens (including phenoxy) is 2. The fraction of sp³-hybridized carbons (Fsp3) is 0.200. The van der Waals surface area contributed by atoms with E-state index in [0.29, 0.717) is 28.3 Å². The first kappa shape index (κ1) is 20.5. The molecule has 2 amide bonds. The van der Waals surface area contributed by atoms with Crippen LogP contribution in [0.5, 0.6) is 11.5 Å². The van der Waals surface area contributed by atoms with E-state index in [-0.39, 0.29) is 18.6 Å². The Bertz CT molecular complexity index is 1140. The summed E-state index contributed by atoms with van der Waals surface area (Å²) in [5, 5.41) is 5.96. The zero-order valence-corrected chi connectivity index (χ0v) is 17.7. The van der Waals surface area contributed by atoms with E-state index in [1.165, 1.54) is 0 Å². The Labute approximate surface area is 181 Å². The fourth-order valence-electron chi connectivity index (χ4n) is 3.40. The van der Waals surface area contributed by atoms with Gasteiger partial charge in [-0.15, -0.1) is 0 Å². The molecule has 0 spiro atoms. The molecule has 6 heteroatoms. The zero-order chi connectivity index (χ0) is 22.0. The van der Waals surface area contributed by atoms with E-state index in [9.17, 15) is 9.59 Å². The normalized spacial score (nSPS) is 12.4. The lowest BCUT2D eigenvalue weighted by atomic mass is 9.93. The highest BCUT2D eigenvalue weighted by molar-refractivity contribution is 6.05. The lowest BCUT2D eigenvalue weighted by molar-refractivity contribution is 0.0911. The lowest BCUT2D eigenvalue weighted by Crippen LogP contribution is -2.41. The van der Waals surface area contributed by atoms with Gasteiger partial charge in [0.05, 0.1) is 5.54 Å². The van der Waals surface area contributed by atoms with E-state index in [0.717, 1.165) is 11.1 Å². The predicted molar refractivity (Wildman–Crippen MR) is 119 cm³/mol. The molecule has 1 heterocycles. The second kappa shape index (κ2) is 8.14. The van der Waals surface area contributed by atoms with E-state index in [4.69, 9.17) is 9.47 Å². The van der Waals surface area contributed by atoms with Gasteiger partial charge in [-0.25, -0.2) is 0 Å². The average Bonchev–Trinajstić information content (AvgIpc) is 3.23. The third-order valence-electron chi connectivity index (χ3n) is 5.30. The van der Waals surface area contributed by atoms with Gasteiger partial charge in [-0.3, -0.25) is 9.59 Å². The molecule has 0 saturated heterocycles. The van der Waals surface area contributed by atoms with Gasteiger partial charge in [0, 0.05) is 16.8 Å². The van der Waals surface area contributed by atoms with Crippen LogP contribution in [0.25, 0.3) is 0 Å². The maximum Gasteiger partial charge on any atom is 0.255 e. The number of hydrogen-bond acceptors (Lipinski definition) is 4. The smallest absolute Gasteiger partial charge is 0.255 e. The molecular formula is C25H24N2O4. The highest BCUT2D eigenvalue weighted by Gasteiger charge is 2.26. The Morgan fingerprint density at radius 3 is 2.35 bits per heavy atom. The van der Waals surface area contributed by atoms with Crippen LogP contribution < -0.4 is 20.1 Å². The Kier molecular flexibility index (Phi) is 5.38. The molecular weight excluding hydrogens is 392 g/mol. The Morgan fingerprint density at radius 2 is 1.58 bits per heavy atom. The van der Waals surface area contributed by atoms with Crippen LogP contribution in [0.15, 0.2) is 66.7 Å². The lowest BCUT2D eigenvalue weighted by Gasteiger charge is -2.27. The maximum atomic E-state index is 13.0. The van der Waals surface area contributed by atoms with Crippen molar-refractivity contribution in [2.45, 2.75) is 26.3 Å². The standard InChI is InChI=1S/C25H24N2O4/c1-16-9-10-18(13-20(16)26-23(28)17-7-5-4-6-8-17)24(29)27-25(2,3)19-11-12-21-22(14-19)31-15-30-21/h4-14H,15H2,1-3H3,(H,26,28)(H,27,29). The molecule has 3 aromatic carbocycles. The number of amides is 2. The van der Waals surface area contributed by atoms with Gasteiger partial charge in [-0.1, -0.05) is 30.3 Å². The van der Waals surface area contributed by atoms with Crippen LogP contribution in [-0.2, 0) is 5.54 Å². The molecule has 31 heavy (non-hydrogen) atoms. The quantitative estimate of drug-likeness (QED) is 0.635. The van der Waals surface area contributed by atoms with Gasteiger partial charge < -0.3 is 20.1 Å². The van der Waals surface area contributed by atoms with Crippen molar-refractivity contribution in [1.82, 2.24) is 5.32 Å². The second-order valence-electron chi connectivity index (χ2n) is 8.00.